The van der Waals surface area contributed by atoms with Gasteiger partial charge in [-0.05, 0) is 90.6 Å². The maximum absolute atomic E-state index is 13.0. The third-order valence-corrected chi connectivity index (χ3v) is 9.32. The lowest BCUT2D eigenvalue weighted by molar-refractivity contribution is -0.127. The van der Waals surface area contributed by atoms with Crippen molar-refractivity contribution in [3.05, 3.63) is 153 Å². The molecule has 1 aliphatic rings. The van der Waals surface area contributed by atoms with Gasteiger partial charge in [0.2, 0.25) is 11.8 Å². The highest BCUT2D eigenvalue weighted by Crippen LogP contribution is 2.34. The Balaban J connectivity index is 0.00000523. The van der Waals surface area contributed by atoms with Crippen molar-refractivity contribution in [2.24, 2.45) is 0 Å². The van der Waals surface area contributed by atoms with Crippen LogP contribution in [0.15, 0.2) is 109 Å². The van der Waals surface area contributed by atoms with Crippen LogP contribution in [0.2, 0.25) is 5.02 Å². The quantitative estimate of drug-likeness (QED) is 0.112. The molecule has 1 aromatic heterocycles. The minimum atomic E-state index is -0.00473. The van der Waals surface area contributed by atoms with Gasteiger partial charge in [-0.3, -0.25) is 9.69 Å². The van der Waals surface area contributed by atoms with Crippen molar-refractivity contribution in [3.63, 3.8) is 0 Å². The van der Waals surface area contributed by atoms with E-state index in [0.717, 1.165) is 48.5 Å². The summed E-state index contributed by atoms with van der Waals surface area (Å²) in [4.78, 5) is 21.7. The molecule has 0 radical (unpaired) electrons. The highest BCUT2D eigenvalue weighted by molar-refractivity contribution is 6.32. The molecule has 4 aromatic carbocycles. The zero-order chi connectivity index (χ0) is 35.6. The minimum Gasteiger partial charge on any atom is -0.493 e. The molecule has 1 amide bonds. The second-order valence-electron chi connectivity index (χ2n) is 13.0. The van der Waals surface area contributed by atoms with E-state index in [0.29, 0.717) is 48.7 Å². The van der Waals surface area contributed by atoms with Crippen LogP contribution in [-0.2, 0) is 24.4 Å². The Bertz CT molecular complexity index is 1920. The Morgan fingerprint density at radius 3 is 2.21 bits per heavy atom. The normalized spacial score (nSPS) is 13.1. The first-order valence-corrected chi connectivity index (χ1v) is 17.7. The van der Waals surface area contributed by atoms with E-state index in [1.165, 1.54) is 22.3 Å². The number of hydrogen-bond acceptors (Lipinski definition) is 6. The molecular weight excluding hydrogens is 693 g/mol. The van der Waals surface area contributed by atoms with Crippen LogP contribution in [0.5, 0.6) is 23.1 Å². The number of ether oxygens (including phenoxy) is 3. The Labute approximate surface area is 318 Å². The number of piperazine rings is 1. The van der Waals surface area contributed by atoms with Crippen molar-refractivity contribution in [2.45, 2.75) is 40.3 Å². The fraction of sp³-hybridized carbons (Fsp3) is 0.256. The maximum atomic E-state index is 13.0. The molecule has 270 valence electrons. The Hall–Kier alpha value is -4.82. The predicted octanol–water partition coefficient (Wildman–Crippen LogP) is 9.43. The van der Waals surface area contributed by atoms with Gasteiger partial charge in [-0.15, -0.1) is 12.4 Å². The van der Waals surface area contributed by atoms with Gasteiger partial charge >= 0.3 is 0 Å². The summed E-state index contributed by atoms with van der Waals surface area (Å²) in [6.45, 7) is 11.1. The van der Waals surface area contributed by atoms with Crippen molar-refractivity contribution in [1.82, 2.24) is 14.8 Å². The Morgan fingerprint density at radius 1 is 0.808 bits per heavy atom. The van der Waals surface area contributed by atoms with Gasteiger partial charge in [0.1, 0.15) is 18.1 Å². The van der Waals surface area contributed by atoms with Gasteiger partial charge in [0, 0.05) is 51.3 Å². The Morgan fingerprint density at radius 2 is 1.52 bits per heavy atom. The third-order valence-electron chi connectivity index (χ3n) is 9.03. The van der Waals surface area contributed by atoms with Crippen molar-refractivity contribution < 1.29 is 19.0 Å². The Kier molecular flexibility index (Phi) is 13.7. The maximum Gasteiger partial charge on any atom is 0.246 e. The van der Waals surface area contributed by atoms with Crippen LogP contribution >= 0.6 is 24.0 Å². The second-order valence-corrected chi connectivity index (χ2v) is 13.4. The zero-order valence-electron chi connectivity index (χ0n) is 29.9. The highest BCUT2D eigenvalue weighted by atomic mass is 35.5. The van der Waals surface area contributed by atoms with E-state index in [2.05, 4.69) is 72.3 Å². The second kappa shape index (κ2) is 18.6. The number of carbonyl (C=O) groups excluding carboxylic acids is 1. The standard InChI is InChI=1S/C43H44ClN3O4.ClH/c1-31-8-15-38(16-9-31)49-25-20-34-10-12-35(13-11-34)29-46-21-23-47(24-22-46)42(48)19-14-36-26-33(3)43(40(44)27-36)51-41-18-17-39(28-45-41)50-30-37-7-5-4-6-32(37)2;/h4-19,26-28H,20-25,29-30H2,1-3H3;1H. The predicted molar refractivity (Wildman–Crippen MR) is 211 cm³/mol. The van der Waals surface area contributed by atoms with Gasteiger partial charge in [-0.1, -0.05) is 77.8 Å². The summed E-state index contributed by atoms with van der Waals surface area (Å²) in [7, 11) is 0. The van der Waals surface area contributed by atoms with Crippen LogP contribution in [0.1, 0.15) is 38.9 Å². The van der Waals surface area contributed by atoms with Gasteiger partial charge in [-0.2, -0.15) is 0 Å². The van der Waals surface area contributed by atoms with Gasteiger partial charge in [-0.25, -0.2) is 4.98 Å². The number of aromatic nitrogens is 1. The lowest BCUT2D eigenvalue weighted by atomic mass is 10.1. The summed E-state index contributed by atoms with van der Waals surface area (Å²) in [6, 6.07) is 32.4. The molecule has 0 spiro atoms. The fourth-order valence-electron chi connectivity index (χ4n) is 5.92. The number of halogens is 2. The van der Waals surface area contributed by atoms with E-state index in [9.17, 15) is 4.79 Å². The molecule has 1 aliphatic heterocycles. The number of carbonyl (C=O) groups is 1. The van der Waals surface area contributed by atoms with E-state index >= 15 is 0 Å². The molecule has 7 nitrogen and oxygen atoms in total. The van der Waals surface area contributed by atoms with E-state index in [1.54, 1.807) is 24.4 Å². The molecule has 0 saturated carbocycles. The van der Waals surface area contributed by atoms with Crippen LogP contribution < -0.4 is 14.2 Å². The molecule has 2 heterocycles. The van der Waals surface area contributed by atoms with E-state index in [1.807, 2.05) is 54.3 Å². The average Bonchev–Trinajstić information content (AvgIpc) is 3.14. The first-order chi connectivity index (χ1) is 24.8. The van der Waals surface area contributed by atoms with Crippen LogP contribution in [0, 0.1) is 20.8 Å². The molecule has 1 saturated heterocycles. The molecule has 0 atom stereocenters. The number of nitrogens with zero attached hydrogens (tertiary/aromatic N) is 3. The summed E-state index contributed by atoms with van der Waals surface area (Å²) in [5, 5.41) is 0.445. The van der Waals surface area contributed by atoms with Crippen LogP contribution in [0.25, 0.3) is 6.08 Å². The van der Waals surface area contributed by atoms with E-state index in [4.69, 9.17) is 25.8 Å². The first-order valence-electron chi connectivity index (χ1n) is 17.4. The molecule has 0 N–H and O–H groups in total. The minimum absolute atomic E-state index is 0. The number of benzene rings is 4. The number of hydrogen-bond donors (Lipinski definition) is 0. The lowest BCUT2D eigenvalue weighted by Gasteiger charge is -2.34. The fourth-order valence-corrected chi connectivity index (χ4v) is 6.24. The summed E-state index contributed by atoms with van der Waals surface area (Å²) in [5.74, 6) is 2.50. The van der Waals surface area contributed by atoms with Crippen LogP contribution in [0.3, 0.4) is 0 Å². The molecule has 0 bridgehead atoms. The van der Waals surface area contributed by atoms with Crippen LogP contribution in [-0.4, -0.2) is 53.5 Å². The van der Waals surface area contributed by atoms with E-state index < -0.39 is 0 Å². The molecule has 52 heavy (non-hydrogen) atoms. The van der Waals surface area contributed by atoms with Crippen molar-refractivity contribution in [3.8, 4) is 23.1 Å². The zero-order valence-corrected chi connectivity index (χ0v) is 31.5. The number of amides is 1. The SMILES string of the molecule is Cc1ccc(OCCc2ccc(CN3CCN(C(=O)C=Cc4cc(C)c(Oc5ccc(OCc6ccccc6C)cn5)c(Cl)c4)CC3)cc2)cc1.Cl. The molecule has 0 aliphatic carbocycles. The van der Waals surface area contributed by atoms with Crippen molar-refractivity contribution in [1.29, 1.82) is 0 Å². The number of pyridine rings is 1. The lowest BCUT2D eigenvalue weighted by Crippen LogP contribution is -2.47. The van der Waals surface area contributed by atoms with E-state index in [-0.39, 0.29) is 18.3 Å². The van der Waals surface area contributed by atoms with Crippen molar-refractivity contribution in [2.75, 3.05) is 32.8 Å². The molecular formula is C43H45Cl2N3O4. The first kappa shape index (κ1) is 38.4. The topological polar surface area (TPSA) is 64.1 Å². The smallest absolute Gasteiger partial charge is 0.246 e. The van der Waals surface area contributed by atoms with Crippen molar-refractivity contribution >= 4 is 36.0 Å². The van der Waals surface area contributed by atoms with Gasteiger partial charge in [0.05, 0.1) is 17.8 Å². The number of rotatable bonds is 13. The summed E-state index contributed by atoms with van der Waals surface area (Å²) >= 11 is 6.64. The summed E-state index contributed by atoms with van der Waals surface area (Å²) < 4.78 is 17.8. The molecule has 9 heteroatoms. The molecule has 1 fully saturated rings. The van der Waals surface area contributed by atoms with Crippen LogP contribution in [0.4, 0.5) is 0 Å². The largest absolute Gasteiger partial charge is 0.493 e. The monoisotopic (exact) mass is 737 g/mol. The molecule has 5 aromatic rings. The van der Waals surface area contributed by atoms with Gasteiger partial charge in [0.15, 0.2) is 5.75 Å². The average molecular weight is 739 g/mol. The summed E-state index contributed by atoms with van der Waals surface area (Å²) in [6.07, 6.45) is 5.94. The highest BCUT2D eigenvalue weighted by Gasteiger charge is 2.20. The number of aryl methyl sites for hydroxylation is 3. The van der Waals surface area contributed by atoms with Gasteiger partial charge < -0.3 is 19.1 Å². The third kappa shape index (κ3) is 10.8. The summed E-state index contributed by atoms with van der Waals surface area (Å²) in [5.41, 5.74) is 7.74. The molecule has 0 unspecified atom stereocenters. The van der Waals surface area contributed by atoms with Gasteiger partial charge in [0.25, 0.3) is 0 Å². The molecule has 6 rings (SSSR count).